The van der Waals surface area contributed by atoms with Crippen LogP contribution in [0, 0.1) is 0 Å². The molecule has 1 amide bonds. The molecule has 2 aromatic rings. The number of benzene rings is 2. The van der Waals surface area contributed by atoms with Crippen LogP contribution in [0.15, 0.2) is 36.4 Å². The molecule has 5 nitrogen and oxygen atoms in total. The number of fused-ring (bicyclic) bond motifs is 1. The van der Waals surface area contributed by atoms with E-state index >= 15 is 0 Å². The second-order valence-corrected chi connectivity index (χ2v) is 13.5. The number of hydrogen-bond acceptors (Lipinski definition) is 4. The minimum absolute atomic E-state index is 0. The number of nitrogens with one attached hydrogen (secondary N) is 1. The van der Waals surface area contributed by atoms with Gasteiger partial charge in [0.25, 0.3) is 14.2 Å². The van der Waals surface area contributed by atoms with E-state index in [2.05, 4.69) is 46.9 Å². The van der Waals surface area contributed by atoms with Crippen LogP contribution < -0.4 is 33.7 Å². The average Bonchev–Trinajstić information content (AvgIpc) is 2.62. The van der Waals surface area contributed by atoms with Gasteiger partial charge in [-0.15, -0.1) is 0 Å². The van der Waals surface area contributed by atoms with Crippen LogP contribution in [-0.2, 0) is 4.79 Å². The monoisotopic (exact) mass is 407 g/mol. The molecule has 0 aliphatic rings. The summed E-state index contributed by atoms with van der Waals surface area (Å²) in [4.78, 5) is 23.1. The number of carboxylic acid groups (broad SMARTS) is 1. The van der Waals surface area contributed by atoms with Gasteiger partial charge in [-0.25, -0.2) is 0 Å². The number of carboxylic acids is 1. The van der Waals surface area contributed by atoms with E-state index in [0.717, 1.165) is 16.5 Å². The van der Waals surface area contributed by atoms with E-state index in [9.17, 15) is 14.7 Å². The first-order valence-corrected chi connectivity index (χ1v) is 11.9. The molecule has 29 heavy (non-hydrogen) atoms. The van der Waals surface area contributed by atoms with E-state index in [4.69, 9.17) is 4.43 Å². The zero-order chi connectivity index (χ0) is 21.1. The van der Waals surface area contributed by atoms with Crippen LogP contribution in [0.2, 0.25) is 16.6 Å². The molecule has 0 heterocycles. The summed E-state index contributed by atoms with van der Waals surface area (Å²) in [7, 11) is -2.12. The Bertz CT molecular complexity index is 845. The number of carbonyl (C=O) groups excluding carboxylic acids is 2. The normalized spacial score (nSPS) is 11.6. The first-order chi connectivity index (χ1) is 13.1. The second kappa shape index (κ2) is 10.3. The van der Waals surface area contributed by atoms with E-state index < -0.39 is 26.7 Å². The smallest absolute Gasteiger partial charge is 0.548 e. The predicted octanol–water partition coefficient (Wildman–Crippen LogP) is 0.878. The van der Waals surface area contributed by atoms with Crippen molar-refractivity contribution in [2.24, 2.45) is 0 Å². The van der Waals surface area contributed by atoms with Crippen LogP contribution in [0.25, 0.3) is 10.8 Å². The van der Waals surface area contributed by atoms with Crippen molar-refractivity contribution in [3.8, 4) is 5.75 Å². The fourth-order valence-electron chi connectivity index (χ4n) is 4.32. The van der Waals surface area contributed by atoms with E-state index in [-0.39, 0.29) is 18.9 Å². The quantitative estimate of drug-likeness (QED) is 0.659. The molecule has 0 saturated heterocycles. The molecule has 7 heteroatoms. The molecular formula is C22H30LiNO4Si. The van der Waals surface area contributed by atoms with E-state index in [1.165, 1.54) is 0 Å². The number of aliphatic carboxylic acids is 1. The van der Waals surface area contributed by atoms with Gasteiger partial charge in [0.1, 0.15) is 5.75 Å². The van der Waals surface area contributed by atoms with Crippen molar-refractivity contribution >= 4 is 31.0 Å². The van der Waals surface area contributed by atoms with Gasteiger partial charge in [-0.3, -0.25) is 4.79 Å². The van der Waals surface area contributed by atoms with Crippen molar-refractivity contribution in [2.45, 2.75) is 58.2 Å². The van der Waals surface area contributed by atoms with Crippen molar-refractivity contribution in [3.05, 3.63) is 42.0 Å². The molecule has 0 bridgehead atoms. The summed E-state index contributed by atoms with van der Waals surface area (Å²) in [5, 5.41) is 14.7. The van der Waals surface area contributed by atoms with Crippen molar-refractivity contribution in [1.82, 2.24) is 5.32 Å². The minimum Gasteiger partial charge on any atom is -0.548 e. The molecule has 2 aromatic carbocycles. The summed E-state index contributed by atoms with van der Waals surface area (Å²) in [6, 6.07) is 11.2. The summed E-state index contributed by atoms with van der Waals surface area (Å²) in [5.74, 6) is -0.998. The van der Waals surface area contributed by atoms with E-state index in [1.807, 2.05) is 24.3 Å². The van der Waals surface area contributed by atoms with Crippen LogP contribution in [0.1, 0.15) is 51.9 Å². The Morgan fingerprint density at radius 3 is 2.10 bits per heavy atom. The molecule has 152 valence electrons. The molecular weight excluding hydrogens is 377 g/mol. The number of rotatable bonds is 8. The van der Waals surface area contributed by atoms with Crippen LogP contribution in [0.4, 0.5) is 0 Å². The Labute approximate surface area is 186 Å². The average molecular weight is 408 g/mol. The first kappa shape index (κ1) is 25.3. The van der Waals surface area contributed by atoms with Crippen molar-refractivity contribution in [1.29, 1.82) is 0 Å². The standard InChI is InChI=1S/C22H31NO4Si.Li/c1-14(2)28(15(3)4,16(5)6)27-18-11-10-17-8-7-9-19(20(17)12-18)22(26)23-13-21(24)25;/h7-12,14-16H,13H2,1-6H3,(H,23,26)(H,24,25);/q;+1/p-1. The molecule has 0 aliphatic heterocycles. The van der Waals surface area contributed by atoms with E-state index in [0.29, 0.717) is 22.2 Å². The number of amides is 1. The Kier molecular flexibility index (Phi) is 9.01. The molecule has 0 aliphatic carbocycles. The van der Waals surface area contributed by atoms with Gasteiger partial charge in [-0.2, -0.15) is 0 Å². The topological polar surface area (TPSA) is 78.5 Å². The zero-order valence-corrected chi connectivity index (χ0v) is 19.5. The van der Waals surface area contributed by atoms with Gasteiger partial charge in [-0.05, 0) is 45.6 Å². The van der Waals surface area contributed by atoms with Gasteiger partial charge in [-0.1, -0.05) is 59.7 Å². The molecule has 0 saturated carbocycles. The molecule has 0 unspecified atom stereocenters. The zero-order valence-electron chi connectivity index (χ0n) is 18.5. The summed E-state index contributed by atoms with van der Waals surface area (Å²) in [6.07, 6.45) is 0. The third kappa shape index (κ3) is 5.45. The second-order valence-electron chi connectivity index (χ2n) is 8.16. The number of hydrogen-bond donors (Lipinski definition) is 1. The summed E-state index contributed by atoms with van der Waals surface area (Å²) in [5.41, 5.74) is 1.73. The largest absolute Gasteiger partial charge is 1.00 e. The molecule has 0 radical (unpaired) electrons. The fraction of sp³-hybridized carbons (Fsp3) is 0.455. The SMILES string of the molecule is CC(C)[Si](Oc1ccc2cccc(C(=O)NCC(=O)[O-])c2c1)(C(C)C)C(C)C.[Li+]. The third-order valence-corrected chi connectivity index (χ3v) is 11.5. The molecule has 0 aromatic heterocycles. The summed E-state index contributed by atoms with van der Waals surface area (Å²) < 4.78 is 6.73. The van der Waals surface area contributed by atoms with Gasteiger partial charge in [0, 0.05) is 5.56 Å². The maximum absolute atomic E-state index is 12.4. The van der Waals surface area contributed by atoms with Crippen LogP contribution in [-0.4, -0.2) is 26.7 Å². The van der Waals surface area contributed by atoms with Gasteiger partial charge < -0.3 is 19.6 Å². The molecule has 0 fully saturated rings. The van der Waals surface area contributed by atoms with Gasteiger partial charge in [0.2, 0.25) is 0 Å². The maximum atomic E-state index is 12.4. The Morgan fingerprint density at radius 2 is 1.59 bits per heavy atom. The van der Waals surface area contributed by atoms with Crippen LogP contribution in [0.5, 0.6) is 5.75 Å². The van der Waals surface area contributed by atoms with Crippen molar-refractivity contribution in [3.63, 3.8) is 0 Å². The van der Waals surface area contributed by atoms with Gasteiger partial charge >= 0.3 is 18.9 Å². The Morgan fingerprint density at radius 1 is 1.00 bits per heavy atom. The first-order valence-electron chi connectivity index (χ1n) is 9.79. The fourth-order valence-corrected chi connectivity index (χ4v) is 9.56. The van der Waals surface area contributed by atoms with E-state index in [1.54, 1.807) is 12.1 Å². The van der Waals surface area contributed by atoms with Gasteiger partial charge in [0.15, 0.2) is 0 Å². The Balaban J connectivity index is 0.00000420. The number of carbonyl (C=O) groups is 2. The van der Waals surface area contributed by atoms with Crippen molar-refractivity contribution < 1.29 is 38.0 Å². The predicted molar refractivity (Wildman–Crippen MR) is 113 cm³/mol. The molecule has 2 rings (SSSR count). The maximum Gasteiger partial charge on any atom is 1.00 e. The van der Waals surface area contributed by atoms with Crippen LogP contribution >= 0.6 is 0 Å². The summed E-state index contributed by atoms with van der Waals surface area (Å²) in [6.45, 7) is 12.9. The van der Waals surface area contributed by atoms with Crippen molar-refractivity contribution in [2.75, 3.05) is 6.54 Å². The molecule has 0 spiro atoms. The van der Waals surface area contributed by atoms with Crippen LogP contribution in [0.3, 0.4) is 0 Å². The summed E-state index contributed by atoms with van der Waals surface area (Å²) >= 11 is 0. The Hall–Kier alpha value is -1.75. The third-order valence-electron chi connectivity index (χ3n) is 5.49. The molecule has 1 N–H and O–H groups in total. The molecule has 0 atom stereocenters. The van der Waals surface area contributed by atoms with Gasteiger partial charge in [0.05, 0.1) is 12.5 Å². The minimum atomic E-state index is -2.12.